The summed E-state index contributed by atoms with van der Waals surface area (Å²) >= 11 is 0. The number of rotatable bonds is 8. The average molecular weight is 605 g/mol. The number of aliphatic imine (C=N–C) groups is 3. The number of carbonyl (C=O) groups is 1. The van der Waals surface area contributed by atoms with E-state index in [1.54, 1.807) is 0 Å². The van der Waals surface area contributed by atoms with Crippen molar-refractivity contribution in [2.45, 2.75) is 86.5 Å². The minimum atomic E-state index is -0.223. The number of aliphatic hydroxyl groups excluding tert-OH is 1. The number of esters is 1. The Bertz CT molecular complexity index is 1760. The van der Waals surface area contributed by atoms with Crippen LogP contribution in [0.15, 0.2) is 119 Å². The molecule has 0 spiro atoms. The van der Waals surface area contributed by atoms with Gasteiger partial charge in [0.05, 0.1) is 41.3 Å². The van der Waals surface area contributed by atoms with Gasteiger partial charge >= 0.3 is 5.97 Å². The van der Waals surface area contributed by atoms with Gasteiger partial charge in [-0.2, -0.15) is 0 Å². The summed E-state index contributed by atoms with van der Waals surface area (Å²) in [6.07, 6.45) is 16.4. The van der Waals surface area contributed by atoms with Crippen LogP contribution in [0, 0.1) is 11.8 Å². The molecule has 0 amide bonds. The van der Waals surface area contributed by atoms with Gasteiger partial charge in [0.25, 0.3) is 0 Å². The fraction of sp³-hybridized carbons (Fsp3) is 0.421. The summed E-state index contributed by atoms with van der Waals surface area (Å²) in [4.78, 5) is 27.7. The van der Waals surface area contributed by atoms with E-state index in [9.17, 15) is 9.90 Å². The fourth-order valence-electron chi connectivity index (χ4n) is 7.23. The Balaban J connectivity index is 1.56. The van der Waals surface area contributed by atoms with Crippen molar-refractivity contribution in [1.29, 1.82) is 0 Å². The van der Waals surface area contributed by atoms with Crippen LogP contribution in [-0.2, 0) is 9.53 Å². The molecule has 6 aliphatic rings. The summed E-state index contributed by atoms with van der Waals surface area (Å²) in [5.41, 5.74) is 14.8. The van der Waals surface area contributed by atoms with Crippen molar-refractivity contribution in [3.63, 3.8) is 0 Å². The van der Waals surface area contributed by atoms with E-state index in [1.165, 1.54) is 12.7 Å². The molecule has 7 heteroatoms. The molecule has 0 aromatic heterocycles. The smallest absolute Gasteiger partial charge is 0.305 e. The van der Waals surface area contributed by atoms with Gasteiger partial charge in [0.2, 0.25) is 0 Å². The second-order valence-corrected chi connectivity index (χ2v) is 12.7. The van der Waals surface area contributed by atoms with Crippen molar-refractivity contribution < 1.29 is 14.6 Å². The average Bonchev–Trinajstić information content (AvgIpc) is 3.77. The van der Waals surface area contributed by atoms with Crippen LogP contribution >= 0.6 is 0 Å². The van der Waals surface area contributed by atoms with Crippen LogP contribution in [0.5, 0.6) is 0 Å². The van der Waals surface area contributed by atoms with E-state index in [0.717, 1.165) is 105 Å². The first-order valence-electron chi connectivity index (χ1n) is 16.4. The number of aliphatic hydroxyl groups is 1. The molecule has 7 nitrogen and oxygen atoms in total. The summed E-state index contributed by atoms with van der Waals surface area (Å²) in [7, 11) is 1.43. The molecule has 5 aliphatic heterocycles. The molecule has 0 radical (unpaired) electrons. The molecule has 6 rings (SSSR count). The first-order chi connectivity index (χ1) is 21.7. The lowest BCUT2D eigenvalue weighted by atomic mass is 9.86. The molecule has 2 unspecified atom stereocenters. The molecule has 0 aromatic rings. The molecule has 8 bridgehead atoms. The van der Waals surface area contributed by atoms with E-state index in [1.807, 2.05) is 6.92 Å². The quantitative estimate of drug-likeness (QED) is 0.215. The lowest BCUT2D eigenvalue weighted by molar-refractivity contribution is -0.140. The molecule has 0 aromatic carbocycles. The van der Waals surface area contributed by atoms with Gasteiger partial charge in [-0.25, -0.2) is 15.0 Å². The normalized spacial score (nSPS) is 24.1. The largest absolute Gasteiger partial charge is 0.511 e. The van der Waals surface area contributed by atoms with Crippen molar-refractivity contribution in [3.8, 4) is 0 Å². The van der Waals surface area contributed by atoms with Crippen LogP contribution in [0.2, 0.25) is 0 Å². The van der Waals surface area contributed by atoms with Crippen LogP contribution in [0.25, 0.3) is 0 Å². The Labute approximate surface area is 266 Å². The van der Waals surface area contributed by atoms with Gasteiger partial charge < -0.3 is 15.2 Å². The van der Waals surface area contributed by atoms with Crippen LogP contribution < -0.4 is 5.32 Å². The van der Waals surface area contributed by atoms with E-state index in [0.29, 0.717) is 25.0 Å². The number of methoxy groups -OCH3 is 1. The van der Waals surface area contributed by atoms with Crippen molar-refractivity contribution in [1.82, 2.24) is 5.32 Å². The predicted octanol–water partition coefficient (Wildman–Crippen LogP) is 8.36. The van der Waals surface area contributed by atoms with Crippen LogP contribution in [0.3, 0.4) is 0 Å². The highest BCUT2D eigenvalue weighted by molar-refractivity contribution is 6.21. The standard InChI is InChI=1S/C38H44N4O3/c1-8-10-11-12-13-25-21(4)28-17-30-22(5)26(14-15-35(44)45-7)37(41-30)27-16-34(43)36-23(6)31(42-38(27)36)19-32-24(9-2)20(3)29(39-32)18-33(25)40-28/h12-13,17-19,22,26,41,43H,8-11,14-16H2,1-7H3/b13-12+,30-17?,32-19?,33-18?,37-27?. The summed E-state index contributed by atoms with van der Waals surface area (Å²) in [5.74, 6) is 0.249. The van der Waals surface area contributed by atoms with Crippen molar-refractivity contribution in [2.75, 3.05) is 7.11 Å². The van der Waals surface area contributed by atoms with Crippen molar-refractivity contribution in [3.05, 3.63) is 104 Å². The highest BCUT2D eigenvalue weighted by Crippen LogP contribution is 2.46. The minimum absolute atomic E-state index is 0.0344. The Morgan fingerprint density at radius 1 is 1.04 bits per heavy atom. The second-order valence-electron chi connectivity index (χ2n) is 12.7. The van der Waals surface area contributed by atoms with Crippen molar-refractivity contribution in [2.24, 2.45) is 26.8 Å². The highest BCUT2D eigenvalue weighted by atomic mass is 16.5. The van der Waals surface area contributed by atoms with Gasteiger partial charge in [0, 0.05) is 52.8 Å². The molecule has 1 saturated heterocycles. The summed E-state index contributed by atoms with van der Waals surface area (Å²) in [6, 6.07) is 0. The first-order valence-corrected chi connectivity index (χ1v) is 16.4. The van der Waals surface area contributed by atoms with E-state index in [4.69, 9.17) is 19.7 Å². The molecule has 0 saturated carbocycles. The molecular weight excluding hydrogens is 560 g/mol. The third-order valence-corrected chi connectivity index (χ3v) is 10.00. The van der Waals surface area contributed by atoms with E-state index in [2.05, 4.69) is 70.3 Å². The van der Waals surface area contributed by atoms with E-state index in [-0.39, 0.29) is 17.8 Å². The van der Waals surface area contributed by atoms with Gasteiger partial charge in [-0.15, -0.1) is 0 Å². The van der Waals surface area contributed by atoms with Gasteiger partial charge in [-0.1, -0.05) is 45.8 Å². The van der Waals surface area contributed by atoms with Gasteiger partial charge in [0.1, 0.15) is 5.76 Å². The number of nitrogens with zero attached hydrogens (tertiary/aromatic N) is 3. The summed E-state index contributed by atoms with van der Waals surface area (Å²) in [6.45, 7) is 12.9. The maximum atomic E-state index is 12.3. The Hall–Kier alpha value is -4.26. The lowest BCUT2D eigenvalue weighted by Gasteiger charge is -2.17. The van der Waals surface area contributed by atoms with Crippen LogP contribution in [-0.4, -0.2) is 35.3 Å². The molecular formula is C38H44N4O3. The molecule has 2 N–H and O–H groups in total. The maximum absolute atomic E-state index is 12.3. The molecule has 45 heavy (non-hydrogen) atoms. The zero-order valence-electron chi connectivity index (χ0n) is 27.6. The van der Waals surface area contributed by atoms with Gasteiger partial charge in [-0.3, -0.25) is 4.79 Å². The number of ether oxygens (including phenoxy) is 1. The molecule has 1 fully saturated rings. The third kappa shape index (κ3) is 5.36. The number of nitrogens with one attached hydrogen (secondary N) is 1. The topological polar surface area (TPSA) is 95.6 Å². The molecule has 2 atom stereocenters. The summed E-state index contributed by atoms with van der Waals surface area (Å²) in [5, 5.41) is 15.0. The van der Waals surface area contributed by atoms with E-state index < -0.39 is 0 Å². The van der Waals surface area contributed by atoms with Crippen LogP contribution in [0.1, 0.15) is 86.5 Å². The molecule has 5 heterocycles. The summed E-state index contributed by atoms with van der Waals surface area (Å²) < 4.78 is 5.01. The lowest BCUT2D eigenvalue weighted by Crippen LogP contribution is -2.16. The Morgan fingerprint density at radius 2 is 1.80 bits per heavy atom. The number of carbonyl (C=O) groups excluding carboxylic acids is 1. The SMILES string of the molecule is CCCC/C=C/C1=C(C)C2=NC1=CC1=NC(=CC3=C(C)C4=C(O)CC(=C5NC(=C2)C(C)C5CCC(=O)OC)C4=N3)C(CC)=C1C. The monoisotopic (exact) mass is 604 g/mol. The number of allylic oxidation sites excluding steroid dienone is 13. The first kappa shape index (κ1) is 30.8. The number of hydrogen-bond acceptors (Lipinski definition) is 7. The Kier molecular flexibility index (Phi) is 8.38. The predicted molar refractivity (Wildman–Crippen MR) is 182 cm³/mol. The van der Waals surface area contributed by atoms with Gasteiger partial charge in [-0.05, 0) is 80.6 Å². The third-order valence-electron chi connectivity index (χ3n) is 10.00. The fourth-order valence-corrected chi connectivity index (χ4v) is 7.23. The minimum Gasteiger partial charge on any atom is -0.511 e. The number of unbranched alkanes of at least 4 members (excludes halogenated alkanes) is 2. The molecule has 234 valence electrons. The van der Waals surface area contributed by atoms with Crippen LogP contribution in [0.4, 0.5) is 0 Å². The van der Waals surface area contributed by atoms with Crippen molar-refractivity contribution >= 4 is 23.1 Å². The second kappa shape index (κ2) is 12.3. The zero-order valence-corrected chi connectivity index (χ0v) is 27.6. The number of fused-ring (bicyclic) bond motifs is 5. The van der Waals surface area contributed by atoms with Gasteiger partial charge in [0.15, 0.2) is 0 Å². The van der Waals surface area contributed by atoms with E-state index >= 15 is 0 Å². The molecule has 1 aliphatic carbocycles. The zero-order chi connectivity index (χ0) is 32.0. The number of hydrogen-bond donors (Lipinski definition) is 2. The highest BCUT2D eigenvalue weighted by Gasteiger charge is 2.41. The maximum Gasteiger partial charge on any atom is 0.305 e. The Morgan fingerprint density at radius 3 is 2.53 bits per heavy atom.